The van der Waals surface area contributed by atoms with Gasteiger partial charge in [0.05, 0.1) is 24.2 Å². The molecule has 19 heavy (non-hydrogen) atoms. The SMILES string of the molecule is Cl.Cl.N#CC[C@H](c1ccc(Br)cn1)N1CCNCC1. The van der Waals surface area contributed by atoms with Gasteiger partial charge >= 0.3 is 0 Å². The Labute approximate surface area is 134 Å². The second-order valence-electron chi connectivity index (χ2n) is 4.07. The van der Waals surface area contributed by atoms with Gasteiger partial charge in [-0.05, 0) is 28.1 Å². The lowest BCUT2D eigenvalue weighted by Gasteiger charge is -2.33. The number of hydrogen-bond donors (Lipinski definition) is 1. The molecule has 1 aromatic rings. The summed E-state index contributed by atoms with van der Waals surface area (Å²) in [5.41, 5.74) is 0.983. The van der Waals surface area contributed by atoms with Crippen LogP contribution in [-0.4, -0.2) is 36.1 Å². The molecular weight excluding hydrogens is 351 g/mol. The molecule has 0 bridgehead atoms. The summed E-state index contributed by atoms with van der Waals surface area (Å²) < 4.78 is 0.970. The lowest BCUT2D eigenvalue weighted by Crippen LogP contribution is -2.45. The Morgan fingerprint density at radius 1 is 1.37 bits per heavy atom. The van der Waals surface area contributed by atoms with Gasteiger partial charge in [0.2, 0.25) is 0 Å². The van der Waals surface area contributed by atoms with E-state index in [1.165, 1.54) is 0 Å². The van der Waals surface area contributed by atoms with Gasteiger partial charge < -0.3 is 5.32 Å². The summed E-state index contributed by atoms with van der Waals surface area (Å²) in [6.45, 7) is 3.92. The summed E-state index contributed by atoms with van der Waals surface area (Å²) in [5.74, 6) is 0. The van der Waals surface area contributed by atoms with Gasteiger partial charge in [0, 0.05) is 36.8 Å². The van der Waals surface area contributed by atoms with E-state index in [9.17, 15) is 0 Å². The van der Waals surface area contributed by atoms with E-state index in [0.29, 0.717) is 6.42 Å². The van der Waals surface area contributed by atoms with Gasteiger partial charge in [0.25, 0.3) is 0 Å². The van der Waals surface area contributed by atoms with E-state index in [0.717, 1.165) is 36.3 Å². The summed E-state index contributed by atoms with van der Waals surface area (Å²) in [6, 6.07) is 6.36. The minimum Gasteiger partial charge on any atom is -0.314 e. The third-order valence-electron chi connectivity index (χ3n) is 2.97. The molecule has 2 heterocycles. The van der Waals surface area contributed by atoms with Gasteiger partial charge in [0.15, 0.2) is 0 Å². The van der Waals surface area contributed by atoms with Crippen LogP contribution in [0.15, 0.2) is 22.8 Å². The average molecular weight is 368 g/mol. The normalized spacial score (nSPS) is 16.6. The van der Waals surface area contributed by atoms with Crippen molar-refractivity contribution >= 4 is 40.7 Å². The Bertz CT molecular complexity index is 401. The zero-order valence-corrected chi connectivity index (χ0v) is 13.6. The van der Waals surface area contributed by atoms with Crippen molar-refractivity contribution in [3.05, 3.63) is 28.5 Å². The molecule has 1 aliphatic heterocycles. The highest BCUT2D eigenvalue weighted by Gasteiger charge is 2.22. The van der Waals surface area contributed by atoms with Gasteiger partial charge in [-0.25, -0.2) is 0 Å². The fraction of sp³-hybridized carbons (Fsp3) is 0.500. The molecule has 0 saturated carbocycles. The first-order valence-electron chi connectivity index (χ1n) is 5.74. The molecule has 1 fully saturated rings. The van der Waals surface area contributed by atoms with Crippen molar-refractivity contribution in [2.75, 3.05) is 26.2 Å². The second-order valence-corrected chi connectivity index (χ2v) is 4.98. The lowest BCUT2D eigenvalue weighted by molar-refractivity contribution is 0.172. The fourth-order valence-corrected chi connectivity index (χ4v) is 2.32. The van der Waals surface area contributed by atoms with Gasteiger partial charge in [-0.2, -0.15) is 5.26 Å². The number of hydrogen-bond acceptors (Lipinski definition) is 4. The first-order valence-corrected chi connectivity index (χ1v) is 6.53. The molecule has 0 spiro atoms. The molecule has 1 saturated heterocycles. The molecule has 1 atom stereocenters. The Morgan fingerprint density at radius 3 is 2.58 bits per heavy atom. The maximum absolute atomic E-state index is 8.95. The first kappa shape index (κ1) is 18.6. The molecule has 7 heteroatoms. The van der Waals surface area contributed by atoms with E-state index in [1.54, 1.807) is 6.20 Å². The molecule has 0 amide bonds. The Balaban J connectivity index is 0.00000162. The van der Waals surface area contributed by atoms with E-state index in [2.05, 4.69) is 37.2 Å². The van der Waals surface area contributed by atoms with Crippen molar-refractivity contribution in [3.8, 4) is 6.07 Å². The molecule has 1 N–H and O–H groups in total. The minimum atomic E-state index is 0. The number of nitrogens with zero attached hydrogens (tertiary/aromatic N) is 3. The topological polar surface area (TPSA) is 52.0 Å². The monoisotopic (exact) mass is 366 g/mol. The lowest BCUT2D eigenvalue weighted by atomic mass is 10.1. The third-order valence-corrected chi connectivity index (χ3v) is 3.44. The highest BCUT2D eigenvalue weighted by Crippen LogP contribution is 2.23. The molecule has 0 aliphatic carbocycles. The number of pyridine rings is 1. The molecular formula is C12H17BrCl2N4. The molecule has 4 nitrogen and oxygen atoms in total. The molecule has 0 radical (unpaired) electrons. The van der Waals surface area contributed by atoms with Crippen LogP contribution < -0.4 is 5.32 Å². The van der Waals surface area contributed by atoms with E-state index < -0.39 is 0 Å². The molecule has 0 aromatic carbocycles. The first-order chi connectivity index (χ1) is 8.31. The van der Waals surface area contributed by atoms with E-state index in [4.69, 9.17) is 5.26 Å². The predicted molar refractivity (Wildman–Crippen MR) is 83.8 cm³/mol. The highest BCUT2D eigenvalue weighted by molar-refractivity contribution is 9.10. The van der Waals surface area contributed by atoms with Crippen LogP contribution in [0.4, 0.5) is 0 Å². The highest BCUT2D eigenvalue weighted by atomic mass is 79.9. The summed E-state index contributed by atoms with van der Waals surface area (Å²) in [4.78, 5) is 6.74. The molecule has 106 valence electrons. The van der Waals surface area contributed by atoms with Crippen LogP contribution in [0.3, 0.4) is 0 Å². The van der Waals surface area contributed by atoms with E-state index >= 15 is 0 Å². The van der Waals surface area contributed by atoms with Crippen molar-refractivity contribution in [2.24, 2.45) is 0 Å². The number of piperazine rings is 1. The number of nitrogens with one attached hydrogen (secondary N) is 1. The summed E-state index contributed by atoms with van der Waals surface area (Å²) in [6.07, 6.45) is 2.29. The van der Waals surface area contributed by atoms with Crippen molar-refractivity contribution in [1.82, 2.24) is 15.2 Å². The Kier molecular flexibility index (Phi) is 9.32. The number of aromatic nitrogens is 1. The zero-order chi connectivity index (χ0) is 12.1. The quantitative estimate of drug-likeness (QED) is 0.891. The Morgan fingerprint density at radius 2 is 2.05 bits per heavy atom. The van der Waals surface area contributed by atoms with Gasteiger partial charge in [-0.15, -0.1) is 24.8 Å². The smallest absolute Gasteiger partial charge is 0.0652 e. The number of nitriles is 1. The predicted octanol–water partition coefficient (Wildman–Crippen LogP) is 2.55. The standard InChI is InChI=1S/C12H15BrN4.2ClH/c13-10-1-2-11(16-9-10)12(3-4-14)17-7-5-15-6-8-17;;/h1-2,9,12,15H,3,5-8H2;2*1H/t12-;;/m1../s1. The van der Waals surface area contributed by atoms with Crippen molar-refractivity contribution in [2.45, 2.75) is 12.5 Å². The van der Waals surface area contributed by atoms with Crippen LogP contribution in [-0.2, 0) is 0 Å². The van der Waals surface area contributed by atoms with Crippen molar-refractivity contribution < 1.29 is 0 Å². The van der Waals surface area contributed by atoms with Crippen LogP contribution in [0.25, 0.3) is 0 Å². The maximum atomic E-state index is 8.95. The van der Waals surface area contributed by atoms with E-state index in [1.807, 2.05) is 12.1 Å². The van der Waals surface area contributed by atoms with Crippen LogP contribution in [0.5, 0.6) is 0 Å². The van der Waals surface area contributed by atoms with Gasteiger partial charge in [-0.3, -0.25) is 9.88 Å². The van der Waals surface area contributed by atoms with Crippen molar-refractivity contribution in [1.29, 1.82) is 5.26 Å². The maximum Gasteiger partial charge on any atom is 0.0652 e. The number of halogens is 3. The molecule has 1 aliphatic rings. The number of rotatable bonds is 3. The van der Waals surface area contributed by atoms with Crippen molar-refractivity contribution in [3.63, 3.8) is 0 Å². The fourth-order valence-electron chi connectivity index (χ4n) is 2.09. The van der Waals surface area contributed by atoms with Crippen LogP contribution >= 0.6 is 40.7 Å². The van der Waals surface area contributed by atoms with E-state index in [-0.39, 0.29) is 30.9 Å². The van der Waals surface area contributed by atoms with Crippen LogP contribution in [0.1, 0.15) is 18.2 Å². The zero-order valence-electron chi connectivity index (χ0n) is 10.4. The van der Waals surface area contributed by atoms with Crippen LogP contribution in [0.2, 0.25) is 0 Å². The third kappa shape index (κ3) is 5.25. The molecule has 2 rings (SSSR count). The second kappa shape index (κ2) is 9.51. The van der Waals surface area contributed by atoms with Gasteiger partial charge in [0.1, 0.15) is 0 Å². The molecule has 1 aromatic heterocycles. The minimum absolute atomic E-state index is 0. The van der Waals surface area contributed by atoms with Gasteiger partial charge in [-0.1, -0.05) is 0 Å². The largest absolute Gasteiger partial charge is 0.314 e. The van der Waals surface area contributed by atoms with Crippen LogP contribution in [0, 0.1) is 11.3 Å². The average Bonchev–Trinajstić information content (AvgIpc) is 2.38. The summed E-state index contributed by atoms with van der Waals surface area (Å²) in [7, 11) is 0. The summed E-state index contributed by atoms with van der Waals surface area (Å²) in [5, 5.41) is 12.3. The summed E-state index contributed by atoms with van der Waals surface area (Å²) >= 11 is 3.38. The molecule has 0 unspecified atom stereocenters. The Hall–Kier alpha value is -0.380.